The Morgan fingerprint density at radius 2 is 2.05 bits per heavy atom. The minimum atomic E-state index is -0.224. The molecule has 0 radical (unpaired) electrons. The van der Waals surface area contributed by atoms with E-state index in [-0.39, 0.29) is 5.41 Å². The van der Waals surface area contributed by atoms with Gasteiger partial charge in [0.15, 0.2) is 0 Å². The van der Waals surface area contributed by atoms with E-state index in [4.69, 9.17) is 0 Å². The molecule has 0 unspecified atom stereocenters. The summed E-state index contributed by atoms with van der Waals surface area (Å²) in [6.45, 7) is 6.92. The van der Waals surface area contributed by atoms with Crippen LogP contribution in [0.3, 0.4) is 0 Å². The second kappa shape index (κ2) is 4.96. The van der Waals surface area contributed by atoms with E-state index in [1.54, 1.807) is 4.68 Å². The molecule has 4 nitrogen and oxygen atoms in total. The number of aryl methyl sites for hydroxylation is 1. The molecule has 1 saturated carbocycles. The summed E-state index contributed by atoms with van der Waals surface area (Å²) in [6.07, 6.45) is 6.95. The van der Waals surface area contributed by atoms with Crippen LogP contribution in [0.4, 0.5) is 0 Å². The Morgan fingerprint density at radius 3 is 2.47 bits per heavy atom. The zero-order valence-electron chi connectivity index (χ0n) is 12.5. The highest BCUT2D eigenvalue weighted by molar-refractivity contribution is 5.10. The largest absolute Gasteiger partial charge is 0.255 e. The lowest BCUT2D eigenvalue weighted by Gasteiger charge is -2.40. The molecule has 4 heteroatoms. The molecular weight excluding hydrogens is 236 g/mol. The van der Waals surface area contributed by atoms with Crippen LogP contribution in [0.15, 0.2) is 6.20 Å². The lowest BCUT2D eigenvalue weighted by molar-refractivity contribution is 0.120. The number of hydrogen-bond donors (Lipinski definition) is 0. The molecular formula is C15H24N4. The van der Waals surface area contributed by atoms with Crippen LogP contribution in [0.1, 0.15) is 52.1 Å². The van der Waals surface area contributed by atoms with Crippen molar-refractivity contribution in [2.24, 2.45) is 23.8 Å². The highest BCUT2D eigenvalue weighted by Crippen LogP contribution is 2.46. The van der Waals surface area contributed by atoms with Gasteiger partial charge in [0.25, 0.3) is 0 Å². The fraction of sp³-hybridized carbons (Fsp3) is 0.800. The van der Waals surface area contributed by atoms with Crippen molar-refractivity contribution in [3.63, 3.8) is 0 Å². The third kappa shape index (κ3) is 3.15. The maximum atomic E-state index is 9.59. The average Bonchev–Trinajstić information content (AvgIpc) is 2.74. The van der Waals surface area contributed by atoms with Gasteiger partial charge < -0.3 is 0 Å². The first-order chi connectivity index (χ1) is 8.85. The molecule has 0 aliphatic heterocycles. The van der Waals surface area contributed by atoms with Gasteiger partial charge in [0.05, 0.1) is 17.2 Å². The van der Waals surface area contributed by atoms with E-state index in [0.717, 1.165) is 43.7 Å². The summed E-state index contributed by atoms with van der Waals surface area (Å²) < 4.78 is 1.71. The van der Waals surface area contributed by atoms with Crippen molar-refractivity contribution in [2.75, 3.05) is 0 Å². The van der Waals surface area contributed by atoms with Gasteiger partial charge in [-0.2, -0.15) is 5.26 Å². The minimum Gasteiger partial charge on any atom is -0.255 e. The zero-order valence-corrected chi connectivity index (χ0v) is 12.5. The van der Waals surface area contributed by atoms with Crippen molar-refractivity contribution >= 4 is 0 Å². The lowest BCUT2D eigenvalue weighted by atomic mass is 9.63. The van der Waals surface area contributed by atoms with E-state index in [1.165, 1.54) is 0 Å². The first kappa shape index (κ1) is 14.0. The monoisotopic (exact) mass is 260 g/mol. The molecule has 0 aromatic carbocycles. The van der Waals surface area contributed by atoms with Gasteiger partial charge in [-0.1, -0.05) is 26.0 Å². The van der Waals surface area contributed by atoms with Crippen LogP contribution in [-0.2, 0) is 13.5 Å². The first-order valence-corrected chi connectivity index (χ1v) is 7.11. The Morgan fingerprint density at radius 1 is 1.42 bits per heavy atom. The maximum absolute atomic E-state index is 9.59. The van der Waals surface area contributed by atoms with Gasteiger partial charge in [0.2, 0.25) is 0 Å². The van der Waals surface area contributed by atoms with Crippen LogP contribution in [0, 0.1) is 28.1 Å². The third-order valence-electron chi connectivity index (χ3n) is 4.57. The van der Waals surface area contributed by atoms with E-state index in [1.807, 2.05) is 13.2 Å². The molecule has 19 heavy (non-hydrogen) atoms. The van der Waals surface area contributed by atoms with Crippen molar-refractivity contribution in [1.82, 2.24) is 15.0 Å². The molecule has 1 aliphatic carbocycles. The number of rotatable bonds is 2. The summed E-state index contributed by atoms with van der Waals surface area (Å²) in [7, 11) is 1.87. The van der Waals surface area contributed by atoms with Crippen LogP contribution in [-0.4, -0.2) is 15.0 Å². The van der Waals surface area contributed by atoms with Crippen molar-refractivity contribution in [1.29, 1.82) is 5.26 Å². The number of nitrogens with zero attached hydrogens (tertiary/aromatic N) is 4. The van der Waals surface area contributed by atoms with Crippen LogP contribution in [0.25, 0.3) is 0 Å². The molecule has 2 rings (SSSR count). The standard InChI is InChI=1S/C15H24N4/c1-14(2,3)12-5-7-15(11-16,8-6-12)9-13-10-19(4)18-17-13/h10,12H,5-9H2,1-4H3. The van der Waals surface area contributed by atoms with Crippen LogP contribution in [0.2, 0.25) is 0 Å². The predicted octanol–water partition coefficient (Wildman–Crippen LogP) is 3.10. The topological polar surface area (TPSA) is 54.5 Å². The summed E-state index contributed by atoms with van der Waals surface area (Å²) in [5.41, 5.74) is 1.07. The normalized spacial score (nSPS) is 28.1. The van der Waals surface area contributed by atoms with Crippen molar-refractivity contribution in [3.8, 4) is 6.07 Å². The molecule has 0 spiro atoms. The molecule has 1 aromatic rings. The third-order valence-corrected chi connectivity index (χ3v) is 4.57. The second-order valence-electron chi connectivity index (χ2n) is 7.09. The van der Waals surface area contributed by atoms with E-state index >= 15 is 0 Å². The summed E-state index contributed by atoms with van der Waals surface area (Å²) in [5.74, 6) is 0.732. The quantitative estimate of drug-likeness (QED) is 0.821. The van der Waals surface area contributed by atoms with Crippen molar-refractivity contribution in [2.45, 2.75) is 52.9 Å². The summed E-state index contributed by atoms with van der Waals surface area (Å²) >= 11 is 0. The molecule has 0 amide bonds. The maximum Gasteiger partial charge on any atom is 0.0842 e. The molecule has 0 bridgehead atoms. The van der Waals surface area contributed by atoms with Gasteiger partial charge in [0, 0.05) is 19.7 Å². The predicted molar refractivity (Wildman–Crippen MR) is 74.2 cm³/mol. The molecule has 0 atom stereocenters. The zero-order chi connectivity index (χ0) is 14.1. The number of hydrogen-bond acceptors (Lipinski definition) is 3. The average molecular weight is 260 g/mol. The molecule has 1 fully saturated rings. The van der Waals surface area contributed by atoms with Gasteiger partial charge in [-0.15, -0.1) is 5.10 Å². The van der Waals surface area contributed by atoms with Crippen LogP contribution < -0.4 is 0 Å². The lowest BCUT2D eigenvalue weighted by Crippen LogP contribution is -2.33. The summed E-state index contributed by atoms with van der Waals surface area (Å²) in [6, 6.07) is 2.57. The summed E-state index contributed by atoms with van der Waals surface area (Å²) in [5, 5.41) is 17.7. The van der Waals surface area contributed by atoms with Gasteiger partial charge in [0.1, 0.15) is 0 Å². The molecule has 1 aromatic heterocycles. The SMILES string of the molecule is Cn1cc(CC2(C#N)CCC(C(C)(C)C)CC2)nn1. The van der Waals surface area contributed by atoms with E-state index in [2.05, 4.69) is 37.2 Å². The van der Waals surface area contributed by atoms with Gasteiger partial charge in [-0.05, 0) is 37.0 Å². The smallest absolute Gasteiger partial charge is 0.0842 e. The van der Waals surface area contributed by atoms with E-state index in [0.29, 0.717) is 5.41 Å². The molecule has 1 heterocycles. The van der Waals surface area contributed by atoms with Crippen LogP contribution in [0.5, 0.6) is 0 Å². The molecule has 104 valence electrons. The molecule has 1 aliphatic rings. The first-order valence-electron chi connectivity index (χ1n) is 7.11. The molecule has 0 saturated heterocycles. The number of aromatic nitrogens is 3. The minimum absolute atomic E-state index is 0.224. The summed E-state index contributed by atoms with van der Waals surface area (Å²) in [4.78, 5) is 0. The Labute approximate surface area is 115 Å². The van der Waals surface area contributed by atoms with Gasteiger partial charge in [-0.25, -0.2) is 0 Å². The van der Waals surface area contributed by atoms with E-state index < -0.39 is 0 Å². The second-order valence-corrected chi connectivity index (χ2v) is 7.09. The highest BCUT2D eigenvalue weighted by Gasteiger charge is 2.39. The highest BCUT2D eigenvalue weighted by atomic mass is 15.4. The number of nitriles is 1. The van der Waals surface area contributed by atoms with Gasteiger partial charge in [-0.3, -0.25) is 4.68 Å². The Bertz CT molecular complexity index is 467. The van der Waals surface area contributed by atoms with E-state index in [9.17, 15) is 5.26 Å². The fourth-order valence-corrected chi connectivity index (χ4v) is 3.19. The van der Waals surface area contributed by atoms with Crippen LogP contribution >= 0.6 is 0 Å². The Kier molecular flexibility index (Phi) is 3.66. The fourth-order valence-electron chi connectivity index (χ4n) is 3.19. The Hall–Kier alpha value is -1.37. The molecule has 0 N–H and O–H groups in total. The Balaban J connectivity index is 2.04. The van der Waals surface area contributed by atoms with Crippen molar-refractivity contribution in [3.05, 3.63) is 11.9 Å². The van der Waals surface area contributed by atoms with Gasteiger partial charge >= 0.3 is 0 Å². The van der Waals surface area contributed by atoms with Crippen molar-refractivity contribution < 1.29 is 0 Å².